The molecule has 0 atom stereocenters. The Labute approximate surface area is 141 Å². The van der Waals surface area contributed by atoms with Crippen molar-refractivity contribution in [2.75, 3.05) is 18.9 Å². The third-order valence-corrected chi connectivity index (χ3v) is 3.90. The van der Waals surface area contributed by atoms with Gasteiger partial charge in [-0.3, -0.25) is 9.69 Å². The number of anilines is 1. The number of carbonyl (C=O) groups is 1. The predicted molar refractivity (Wildman–Crippen MR) is 92.2 cm³/mol. The molecule has 0 saturated heterocycles. The van der Waals surface area contributed by atoms with E-state index in [-0.39, 0.29) is 24.8 Å². The fourth-order valence-electron chi connectivity index (χ4n) is 2.28. The molecule has 2 aromatic rings. The van der Waals surface area contributed by atoms with E-state index in [0.29, 0.717) is 10.6 Å². The number of hydrogen-bond acceptors (Lipinski definition) is 2. The SMILES string of the molecule is CCc1ccc(NC(=O)CN(C)Cc2c(F)cccc2Cl)cc1. The normalized spacial score (nSPS) is 10.8. The van der Waals surface area contributed by atoms with Gasteiger partial charge in [0.25, 0.3) is 0 Å². The summed E-state index contributed by atoms with van der Waals surface area (Å²) in [6.45, 7) is 2.50. The fraction of sp³-hybridized carbons (Fsp3) is 0.278. The van der Waals surface area contributed by atoms with Crippen LogP contribution in [-0.2, 0) is 17.8 Å². The van der Waals surface area contributed by atoms with E-state index in [1.165, 1.54) is 11.6 Å². The van der Waals surface area contributed by atoms with Crippen molar-refractivity contribution < 1.29 is 9.18 Å². The molecule has 2 rings (SSSR count). The van der Waals surface area contributed by atoms with E-state index in [0.717, 1.165) is 12.1 Å². The molecule has 0 heterocycles. The van der Waals surface area contributed by atoms with E-state index in [9.17, 15) is 9.18 Å². The van der Waals surface area contributed by atoms with Gasteiger partial charge in [-0.2, -0.15) is 0 Å². The molecule has 1 amide bonds. The maximum Gasteiger partial charge on any atom is 0.238 e. The van der Waals surface area contributed by atoms with E-state index in [1.54, 1.807) is 24.1 Å². The van der Waals surface area contributed by atoms with E-state index in [4.69, 9.17) is 11.6 Å². The van der Waals surface area contributed by atoms with E-state index < -0.39 is 0 Å². The number of aryl methyl sites for hydroxylation is 1. The van der Waals surface area contributed by atoms with Crippen molar-refractivity contribution in [2.45, 2.75) is 19.9 Å². The second-order valence-electron chi connectivity index (χ2n) is 5.47. The molecule has 0 radical (unpaired) electrons. The summed E-state index contributed by atoms with van der Waals surface area (Å²) in [5.41, 5.74) is 2.37. The molecule has 0 aromatic heterocycles. The molecule has 3 nitrogen and oxygen atoms in total. The zero-order valence-electron chi connectivity index (χ0n) is 13.3. The summed E-state index contributed by atoms with van der Waals surface area (Å²) in [6.07, 6.45) is 0.959. The van der Waals surface area contributed by atoms with Crippen molar-refractivity contribution in [3.8, 4) is 0 Å². The number of benzene rings is 2. The Morgan fingerprint density at radius 2 is 1.91 bits per heavy atom. The van der Waals surface area contributed by atoms with Crippen LogP contribution in [0.4, 0.5) is 10.1 Å². The van der Waals surface area contributed by atoms with Crippen LogP contribution < -0.4 is 5.32 Å². The van der Waals surface area contributed by atoms with Crippen molar-refractivity contribution >= 4 is 23.2 Å². The molecule has 0 aliphatic rings. The summed E-state index contributed by atoms with van der Waals surface area (Å²) in [4.78, 5) is 13.8. The number of nitrogens with one attached hydrogen (secondary N) is 1. The maximum absolute atomic E-state index is 13.8. The highest BCUT2D eigenvalue weighted by Gasteiger charge is 2.12. The third-order valence-electron chi connectivity index (χ3n) is 3.55. The Hall–Kier alpha value is -1.91. The molecule has 0 aliphatic carbocycles. The van der Waals surface area contributed by atoms with Gasteiger partial charge in [0.1, 0.15) is 5.82 Å². The van der Waals surface area contributed by atoms with Crippen LogP contribution in [0, 0.1) is 5.82 Å². The van der Waals surface area contributed by atoms with Crippen LogP contribution in [-0.4, -0.2) is 24.4 Å². The van der Waals surface area contributed by atoms with Gasteiger partial charge in [-0.15, -0.1) is 0 Å². The summed E-state index contributed by atoms with van der Waals surface area (Å²) in [5, 5.41) is 3.20. The lowest BCUT2D eigenvalue weighted by Crippen LogP contribution is -2.30. The number of amides is 1. The number of rotatable bonds is 6. The molecule has 2 aromatic carbocycles. The summed E-state index contributed by atoms with van der Waals surface area (Å²) in [6, 6.07) is 12.3. The molecule has 0 aliphatic heterocycles. The largest absolute Gasteiger partial charge is 0.325 e. The van der Waals surface area contributed by atoms with Crippen LogP contribution in [0.15, 0.2) is 42.5 Å². The smallest absolute Gasteiger partial charge is 0.238 e. The van der Waals surface area contributed by atoms with Crippen molar-refractivity contribution in [1.29, 1.82) is 0 Å². The van der Waals surface area contributed by atoms with Crippen molar-refractivity contribution in [2.24, 2.45) is 0 Å². The number of nitrogens with zero attached hydrogens (tertiary/aromatic N) is 1. The van der Waals surface area contributed by atoms with Gasteiger partial charge < -0.3 is 5.32 Å². The predicted octanol–water partition coefficient (Wildman–Crippen LogP) is 4.11. The van der Waals surface area contributed by atoms with Crippen LogP contribution in [0.2, 0.25) is 5.02 Å². The first-order chi connectivity index (χ1) is 11.0. The van der Waals surface area contributed by atoms with Crippen molar-refractivity contribution in [3.63, 3.8) is 0 Å². The highest BCUT2D eigenvalue weighted by Crippen LogP contribution is 2.20. The number of carbonyl (C=O) groups excluding carboxylic acids is 1. The topological polar surface area (TPSA) is 32.3 Å². The minimum absolute atomic E-state index is 0.149. The molecule has 0 fully saturated rings. The van der Waals surface area contributed by atoms with E-state index in [1.807, 2.05) is 24.3 Å². The first kappa shape index (κ1) is 17.4. The summed E-state index contributed by atoms with van der Waals surface area (Å²) < 4.78 is 13.8. The van der Waals surface area contributed by atoms with Gasteiger partial charge >= 0.3 is 0 Å². The van der Waals surface area contributed by atoms with E-state index >= 15 is 0 Å². The molecular formula is C18H20ClFN2O. The minimum atomic E-state index is -0.361. The molecule has 0 spiro atoms. The molecule has 122 valence electrons. The lowest BCUT2D eigenvalue weighted by Gasteiger charge is -2.17. The number of hydrogen-bond donors (Lipinski definition) is 1. The molecule has 0 unspecified atom stereocenters. The van der Waals surface area contributed by atoms with Crippen LogP contribution >= 0.6 is 11.6 Å². The van der Waals surface area contributed by atoms with Gasteiger partial charge in [0.15, 0.2) is 0 Å². The lowest BCUT2D eigenvalue weighted by molar-refractivity contribution is -0.117. The summed E-state index contributed by atoms with van der Waals surface area (Å²) >= 11 is 6.00. The average molecular weight is 335 g/mol. The second kappa shape index (κ2) is 8.09. The van der Waals surface area contributed by atoms with Gasteiger partial charge in [-0.25, -0.2) is 4.39 Å². The maximum atomic E-state index is 13.8. The Morgan fingerprint density at radius 1 is 1.22 bits per heavy atom. The van der Waals surface area contributed by atoms with Crippen LogP contribution in [0.3, 0.4) is 0 Å². The van der Waals surface area contributed by atoms with Gasteiger partial charge in [-0.05, 0) is 43.3 Å². The number of likely N-dealkylation sites (N-methyl/N-ethyl adjacent to an activating group) is 1. The molecule has 0 saturated carbocycles. The average Bonchev–Trinajstić information content (AvgIpc) is 2.51. The van der Waals surface area contributed by atoms with Gasteiger partial charge in [-0.1, -0.05) is 36.7 Å². The molecule has 5 heteroatoms. The fourth-order valence-corrected chi connectivity index (χ4v) is 2.50. The van der Waals surface area contributed by atoms with Crippen molar-refractivity contribution in [1.82, 2.24) is 4.90 Å². The molecular weight excluding hydrogens is 315 g/mol. The van der Waals surface area contributed by atoms with E-state index in [2.05, 4.69) is 12.2 Å². The van der Waals surface area contributed by atoms with Gasteiger partial charge in [0.05, 0.1) is 6.54 Å². The zero-order valence-corrected chi connectivity index (χ0v) is 14.0. The molecule has 23 heavy (non-hydrogen) atoms. The highest BCUT2D eigenvalue weighted by atomic mass is 35.5. The van der Waals surface area contributed by atoms with Crippen LogP contribution in [0.1, 0.15) is 18.1 Å². The quantitative estimate of drug-likeness (QED) is 0.862. The first-order valence-electron chi connectivity index (χ1n) is 7.49. The zero-order chi connectivity index (χ0) is 16.8. The number of halogens is 2. The van der Waals surface area contributed by atoms with Crippen LogP contribution in [0.25, 0.3) is 0 Å². The van der Waals surface area contributed by atoms with Gasteiger partial charge in [0.2, 0.25) is 5.91 Å². The summed E-state index contributed by atoms with van der Waals surface area (Å²) in [5.74, 6) is -0.510. The summed E-state index contributed by atoms with van der Waals surface area (Å²) in [7, 11) is 1.75. The molecule has 1 N–H and O–H groups in total. The Morgan fingerprint density at radius 3 is 2.52 bits per heavy atom. The Kier molecular flexibility index (Phi) is 6.13. The highest BCUT2D eigenvalue weighted by molar-refractivity contribution is 6.31. The Balaban J connectivity index is 1.91. The minimum Gasteiger partial charge on any atom is -0.325 e. The molecule has 0 bridgehead atoms. The standard InChI is InChI=1S/C18H20ClFN2O/c1-3-13-7-9-14(10-8-13)21-18(23)12-22(2)11-15-16(19)5-4-6-17(15)20/h4-10H,3,11-12H2,1-2H3,(H,21,23). The van der Waals surface area contributed by atoms with Crippen LogP contribution in [0.5, 0.6) is 0 Å². The second-order valence-corrected chi connectivity index (χ2v) is 5.88. The van der Waals surface area contributed by atoms with Crippen molar-refractivity contribution in [3.05, 3.63) is 64.4 Å². The third kappa shape index (κ3) is 5.05. The monoisotopic (exact) mass is 334 g/mol. The first-order valence-corrected chi connectivity index (χ1v) is 7.87. The van der Waals surface area contributed by atoms with Gasteiger partial charge in [0, 0.05) is 22.8 Å². The Bertz CT molecular complexity index is 653. The lowest BCUT2D eigenvalue weighted by atomic mass is 10.1.